The van der Waals surface area contributed by atoms with Gasteiger partial charge in [-0.3, -0.25) is 9.69 Å². The largest absolute Gasteiger partial charge is 0.481 e. The second-order valence-corrected chi connectivity index (χ2v) is 5.26. The fraction of sp³-hybridized carbons (Fsp3) is 0.923. The van der Waals surface area contributed by atoms with Crippen LogP contribution in [0.4, 0.5) is 0 Å². The van der Waals surface area contributed by atoms with Gasteiger partial charge in [-0.2, -0.15) is 0 Å². The second kappa shape index (κ2) is 7.07. The molecule has 0 amide bonds. The summed E-state index contributed by atoms with van der Waals surface area (Å²) in [6.45, 7) is 6.80. The van der Waals surface area contributed by atoms with E-state index in [9.17, 15) is 4.79 Å². The summed E-state index contributed by atoms with van der Waals surface area (Å²) in [5.74, 6) is -0.727. The quantitative estimate of drug-likeness (QED) is 0.756. The molecule has 2 saturated heterocycles. The van der Waals surface area contributed by atoms with E-state index in [1.807, 2.05) is 0 Å². The van der Waals surface area contributed by atoms with Crippen molar-refractivity contribution in [3.8, 4) is 0 Å². The molecule has 2 heterocycles. The maximum atomic E-state index is 10.8. The lowest BCUT2D eigenvalue weighted by atomic mass is 10.1. The third-order valence-corrected chi connectivity index (χ3v) is 3.88. The lowest BCUT2D eigenvalue weighted by molar-refractivity contribution is -0.140. The topological polar surface area (TPSA) is 53.0 Å². The van der Waals surface area contributed by atoms with Gasteiger partial charge in [-0.25, -0.2) is 0 Å². The third kappa shape index (κ3) is 4.23. The van der Waals surface area contributed by atoms with Crippen LogP contribution >= 0.6 is 0 Å². The minimum atomic E-state index is -0.727. The second-order valence-electron chi connectivity index (χ2n) is 5.26. The van der Waals surface area contributed by atoms with Gasteiger partial charge in [0.05, 0.1) is 19.6 Å². The highest BCUT2D eigenvalue weighted by Gasteiger charge is 2.25. The molecule has 104 valence electrons. The van der Waals surface area contributed by atoms with Crippen molar-refractivity contribution in [1.29, 1.82) is 0 Å². The van der Waals surface area contributed by atoms with Gasteiger partial charge in [-0.1, -0.05) is 0 Å². The molecule has 0 aromatic carbocycles. The van der Waals surface area contributed by atoms with Crippen LogP contribution in [0.1, 0.15) is 25.7 Å². The molecule has 2 aliphatic heterocycles. The van der Waals surface area contributed by atoms with Gasteiger partial charge in [0.25, 0.3) is 0 Å². The zero-order valence-electron chi connectivity index (χ0n) is 11.0. The molecule has 2 fully saturated rings. The first-order valence-corrected chi connectivity index (χ1v) is 7.01. The van der Waals surface area contributed by atoms with E-state index in [2.05, 4.69) is 9.80 Å². The third-order valence-electron chi connectivity index (χ3n) is 3.88. The molecule has 0 aromatic heterocycles. The molecular formula is C13H24N2O3. The normalized spacial score (nSPS) is 26.6. The van der Waals surface area contributed by atoms with Crippen molar-refractivity contribution in [2.45, 2.75) is 31.7 Å². The van der Waals surface area contributed by atoms with Gasteiger partial charge in [0.1, 0.15) is 0 Å². The van der Waals surface area contributed by atoms with Gasteiger partial charge in [-0.15, -0.1) is 0 Å². The number of carboxylic acids is 1. The average molecular weight is 256 g/mol. The molecule has 0 aliphatic carbocycles. The van der Waals surface area contributed by atoms with E-state index in [-0.39, 0.29) is 12.5 Å². The molecule has 1 N–H and O–H groups in total. The smallest absolute Gasteiger partial charge is 0.305 e. The van der Waals surface area contributed by atoms with Crippen LogP contribution in [0.5, 0.6) is 0 Å². The predicted octanol–water partition coefficient (Wildman–Crippen LogP) is 0.648. The highest BCUT2D eigenvalue weighted by Crippen LogP contribution is 2.12. The number of nitrogens with zero attached hydrogens (tertiary/aromatic N) is 2. The summed E-state index contributed by atoms with van der Waals surface area (Å²) in [7, 11) is 0. The molecule has 0 bridgehead atoms. The SMILES string of the molecule is O=C(O)CC1COCCN1CCCN1CCCC1. The van der Waals surface area contributed by atoms with E-state index >= 15 is 0 Å². The fourth-order valence-corrected chi connectivity index (χ4v) is 2.88. The van der Waals surface area contributed by atoms with Crippen LogP contribution < -0.4 is 0 Å². The number of likely N-dealkylation sites (tertiary alicyclic amines) is 1. The lowest BCUT2D eigenvalue weighted by Gasteiger charge is -2.35. The number of hydrogen-bond acceptors (Lipinski definition) is 4. The van der Waals surface area contributed by atoms with E-state index in [1.165, 1.54) is 25.9 Å². The van der Waals surface area contributed by atoms with Crippen LogP contribution in [0.3, 0.4) is 0 Å². The summed E-state index contributed by atoms with van der Waals surface area (Å²) >= 11 is 0. The Kier molecular flexibility index (Phi) is 5.41. The summed E-state index contributed by atoms with van der Waals surface area (Å²) in [6.07, 6.45) is 4.00. The molecule has 2 aliphatic rings. The Morgan fingerprint density at radius 2 is 2.00 bits per heavy atom. The Bertz CT molecular complexity index is 267. The van der Waals surface area contributed by atoms with Crippen molar-refractivity contribution in [2.75, 3.05) is 45.9 Å². The van der Waals surface area contributed by atoms with E-state index in [0.29, 0.717) is 6.61 Å². The first-order chi connectivity index (χ1) is 8.75. The minimum absolute atomic E-state index is 0.0647. The molecule has 18 heavy (non-hydrogen) atoms. The molecule has 2 rings (SSSR count). The Labute approximate surface area is 109 Å². The molecule has 5 heteroatoms. The Balaban J connectivity index is 1.69. The number of carboxylic acid groups (broad SMARTS) is 1. The molecule has 0 saturated carbocycles. The number of rotatable bonds is 6. The van der Waals surface area contributed by atoms with Crippen molar-refractivity contribution in [2.24, 2.45) is 0 Å². The van der Waals surface area contributed by atoms with Crippen LogP contribution in [-0.2, 0) is 9.53 Å². The van der Waals surface area contributed by atoms with Crippen LogP contribution in [0, 0.1) is 0 Å². The molecule has 5 nitrogen and oxygen atoms in total. The average Bonchev–Trinajstić information content (AvgIpc) is 2.84. The maximum absolute atomic E-state index is 10.8. The minimum Gasteiger partial charge on any atom is -0.481 e. The molecular weight excluding hydrogens is 232 g/mol. The Hall–Kier alpha value is -0.650. The van der Waals surface area contributed by atoms with Gasteiger partial charge in [0.2, 0.25) is 0 Å². The Morgan fingerprint density at radius 1 is 1.22 bits per heavy atom. The van der Waals surface area contributed by atoms with Crippen LogP contribution in [0.25, 0.3) is 0 Å². The molecule has 1 atom stereocenters. The van der Waals surface area contributed by atoms with E-state index < -0.39 is 5.97 Å². The van der Waals surface area contributed by atoms with Crippen molar-refractivity contribution in [3.05, 3.63) is 0 Å². The van der Waals surface area contributed by atoms with Gasteiger partial charge < -0.3 is 14.7 Å². The monoisotopic (exact) mass is 256 g/mol. The van der Waals surface area contributed by atoms with Crippen molar-refractivity contribution in [3.63, 3.8) is 0 Å². The summed E-state index contributed by atoms with van der Waals surface area (Å²) in [5.41, 5.74) is 0. The van der Waals surface area contributed by atoms with E-state index in [0.717, 1.165) is 32.7 Å². The van der Waals surface area contributed by atoms with Gasteiger partial charge in [0, 0.05) is 12.6 Å². The highest BCUT2D eigenvalue weighted by atomic mass is 16.5. The van der Waals surface area contributed by atoms with Crippen LogP contribution in [0.2, 0.25) is 0 Å². The zero-order valence-corrected chi connectivity index (χ0v) is 11.0. The number of carbonyl (C=O) groups is 1. The lowest BCUT2D eigenvalue weighted by Crippen LogP contribution is -2.47. The van der Waals surface area contributed by atoms with Gasteiger partial charge in [0.15, 0.2) is 0 Å². The van der Waals surface area contributed by atoms with Gasteiger partial charge >= 0.3 is 5.97 Å². The van der Waals surface area contributed by atoms with Crippen molar-refractivity contribution >= 4 is 5.97 Å². The predicted molar refractivity (Wildman–Crippen MR) is 68.7 cm³/mol. The summed E-state index contributed by atoms with van der Waals surface area (Å²) < 4.78 is 5.38. The number of morpholine rings is 1. The zero-order chi connectivity index (χ0) is 12.8. The van der Waals surface area contributed by atoms with E-state index in [4.69, 9.17) is 9.84 Å². The molecule has 0 spiro atoms. The molecule has 1 unspecified atom stereocenters. The number of hydrogen-bond donors (Lipinski definition) is 1. The van der Waals surface area contributed by atoms with Crippen LogP contribution in [0.15, 0.2) is 0 Å². The number of ether oxygens (including phenoxy) is 1. The highest BCUT2D eigenvalue weighted by molar-refractivity contribution is 5.67. The first kappa shape index (κ1) is 13.8. The number of aliphatic carboxylic acids is 1. The van der Waals surface area contributed by atoms with Crippen LogP contribution in [-0.4, -0.2) is 72.9 Å². The summed E-state index contributed by atoms with van der Waals surface area (Å²) in [5, 5.41) is 8.89. The molecule has 0 radical (unpaired) electrons. The fourth-order valence-electron chi connectivity index (χ4n) is 2.88. The Morgan fingerprint density at radius 3 is 2.72 bits per heavy atom. The maximum Gasteiger partial charge on any atom is 0.305 e. The van der Waals surface area contributed by atoms with E-state index in [1.54, 1.807) is 0 Å². The van der Waals surface area contributed by atoms with Gasteiger partial charge in [-0.05, 0) is 45.4 Å². The summed E-state index contributed by atoms with van der Waals surface area (Å²) in [4.78, 5) is 15.6. The van der Waals surface area contributed by atoms with Crippen molar-refractivity contribution < 1.29 is 14.6 Å². The molecule has 0 aromatic rings. The first-order valence-electron chi connectivity index (χ1n) is 7.01. The van der Waals surface area contributed by atoms with Crippen molar-refractivity contribution in [1.82, 2.24) is 9.80 Å². The standard InChI is InChI=1S/C13H24N2O3/c16-13(17)10-12-11-18-9-8-15(12)7-3-6-14-4-1-2-5-14/h12H,1-11H2,(H,16,17). The summed E-state index contributed by atoms with van der Waals surface area (Å²) in [6, 6.07) is 0.0647.